The Morgan fingerprint density at radius 2 is 2.35 bits per heavy atom. The average molecular weight is 304 g/mol. The molecule has 9 nitrogen and oxygen atoms in total. The molecule has 0 spiro atoms. The Labute approximate surface area is 119 Å². The minimum absolute atomic E-state index is 0.107. The van der Waals surface area contributed by atoms with Crippen LogP contribution in [0.25, 0.3) is 0 Å². The molecule has 2 N–H and O–H groups in total. The second-order valence-corrected chi connectivity index (χ2v) is 4.12. The Morgan fingerprint density at radius 1 is 1.65 bits per heavy atom. The molecule has 0 aliphatic carbocycles. The fourth-order valence-corrected chi connectivity index (χ4v) is 1.43. The number of methoxy groups -OCH3 is 1. The Balaban J connectivity index is 2.74. The number of nitrogens with zero attached hydrogens (tertiary/aromatic N) is 3. The van der Waals surface area contributed by atoms with E-state index >= 15 is 0 Å². The largest absolute Gasteiger partial charge is 0.383 e. The fraction of sp³-hybridized carbons (Fsp3) is 0.500. The maximum absolute atomic E-state index is 11.7. The molecule has 0 fully saturated rings. The lowest BCUT2D eigenvalue weighted by Gasteiger charge is -2.14. The maximum atomic E-state index is 11.7. The zero-order valence-corrected chi connectivity index (χ0v) is 11.7. The Kier molecular flexibility index (Phi) is 6.07. The summed E-state index contributed by atoms with van der Waals surface area (Å²) in [4.78, 5) is 29.1. The van der Waals surface area contributed by atoms with Gasteiger partial charge in [-0.1, -0.05) is 0 Å². The van der Waals surface area contributed by atoms with E-state index < -0.39 is 11.0 Å². The number of halogens is 1. The first-order chi connectivity index (χ1) is 9.45. The lowest BCUT2D eigenvalue weighted by molar-refractivity contribution is -0.384. The molecule has 1 unspecified atom stereocenters. The first-order valence-electron chi connectivity index (χ1n) is 5.65. The quantitative estimate of drug-likeness (QED) is 0.327. The van der Waals surface area contributed by atoms with Gasteiger partial charge in [0.1, 0.15) is 12.2 Å². The van der Waals surface area contributed by atoms with E-state index in [0.717, 1.165) is 6.20 Å². The molecule has 0 saturated heterocycles. The molecule has 0 radical (unpaired) electrons. The summed E-state index contributed by atoms with van der Waals surface area (Å²) in [5.74, 6) is -0.449. The van der Waals surface area contributed by atoms with Crippen LogP contribution in [0.3, 0.4) is 0 Å². The topological polar surface area (TPSA) is 119 Å². The van der Waals surface area contributed by atoms with Crippen LogP contribution in [-0.2, 0) is 9.53 Å². The Bertz CT molecular complexity index is 499. The van der Waals surface area contributed by atoms with Crippen LogP contribution in [0, 0.1) is 10.1 Å². The van der Waals surface area contributed by atoms with Gasteiger partial charge in [0.15, 0.2) is 0 Å². The number of anilines is 1. The summed E-state index contributed by atoms with van der Waals surface area (Å²) >= 11 is 5.59. The first-order valence-corrected chi connectivity index (χ1v) is 6.03. The fourth-order valence-electron chi connectivity index (χ4n) is 1.29. The molecule has 110 valence electrons. The van der Waals surface area contributed by atoms with Gasteiger partial charge in [0, 0.05) is 13.7 Å². The molecule has 1 aromatic rings. The molecule has 1 aromatic heterocycles. The van der Waals surface area contributed by atoms with Crippen LogP contribution in [-0.4, -0.2) is 47.1 Å². The van der Waals surface area contributed by atoms with Crippen molar-refractivity contribution in [1.29, 1.82) is 0 Å². The van der Waals surface area contributed by atoms with Crippen LogP contribution in [0.4, 0.5) is 11.5 Å². The molecule has 1 atom stereocenters. The predicted molar refractivity (Wildman–Crippen MR) is 71.7 cm³/mol. The second kappa shape index (κ2) is 7.56. The predicted octanol–water partition coefficient (Wildman–Crippen LogP) is 0.601. The number of nitro groups is 1. The first kappa shape index (κ1) is 16.1. The van der Waals surface area contributed by atoms with Crippen LogP contribution >= 0.6 is 11.6 Å². The van der Waals surface area contributed by atoms with Gasteiger partial charge in [-0.2, -0.15) is 4.98 Å². The van der Waals surface area contributed by atoms with E-state index in [9.17, 15) is 14.9 Å². The molecule has 0 aliphatic heterocycles. The second-order valence-electron chi connectivity index (χ2n) is 3.78. The summed E-state index contributed by atoms with van der Waals surface area (Å²) in [5, 5.41) is 15.9. The number of hydrogen-bond acceptors (Lipinski definition) is 7. The van der Waals surface area contributed by atoms with Crippen molar-refractivity contribution in [2.75, 3.05) is 25.6 Å². The van der Waals surface area contributed by atoms with E-state index in [4.69, 9.17) is 16.3 Å². The van der Waals surface area contributed by atoms with Gasteiger partial charge in [-0.05, 0) is 18.5 Å². The highest BCUT2D eigenvalue weighted by atomic mass is 35.5. The Hall–Kier alpha value is -2.00. The van der Waals surface area contributed by atoms with Crippen molar-refractivity contribution in [3.05, 3.63) is 21.6 Å². The number of rotatable bonds is 7. The van der Waals surface area contributed by atoms with Gasteiger partial charge in [0.25, 0.3) is 0 Å². The lowest BCUT2D eigenvalue weighted by atomic mass is 10.3. The molecule has 1 heterocycles. The third kappa shape index (κ3) is 4.59. The summed E-state index contributed by atoms with van der Waals surface area (Å²) in [6, 6.07) is -0.725. The highest BCUT2D eigenvalue weighted by Crippen LogP contribution is 2.22. The summed E-state index contributed by atoms with van der Waals surface area (Å²) in [6.07, 6.45) is 0.979. The maximum Gasteiger partial charge on any atom is 0.329 e. The number of ether oxygens (including phenoxy) is 1. The third-order valence-corrected chi connectivity index (χ3v) is 2.47. The average Bonchev–Trinajstić information content (AvgIpc) is 2.38. The monoisotopic (exact) mass is 303 g/mol. The molecule has 10 heteroatoms. The number of carbonyl (C=O) groups excluding carboxylic acids is 1. The highest BCUT2D eigenvalue weighted by Gasteiger charge is 2.21. The molecule has 0 saturated carbocycles. The van der Waals surface area contributed by atoms with Crippen LogP contribution in [0.1, 0.15) is 6.92 Å². The van der Waals surface area contributed by atoms with Gasteiger partial charge in [-0.15, -0.1) is 0 Å². The smallest absolute Gasteiger partial charge is 0.329 e. The molecule has 20 heavy (non-hydrogen) atoms. The van der Waals surface area contributed by atoms with Crippen LogP contribution < -0.4 is 10.6 Å². The molecular weight excluding hydrogens is 290 g/mol. The van der Waals surface area contributed by atoms with Crippen molar-refractivity contribution < 1.29 is 14.5 Å². The number of amides is 1. The van der Waals surface area contributed by atoms with Crippen LogP contribution in [0.15, 0.2) is 6.20 Å². The van der Waals surface area contributed by atoms with E-state index in [1.807, 2.05) is 0 Å². The van der Waals surface area contributed by atoms with Crippen molar-refractivity contribution in [3.63, 3.8) is 0 Å². The number of aromatic nitrogens is 2. The van der Waals surface area contributed by atoms with Gasteiger partial charge in [-0.3, -0.25) is 14.9 Å². The summed E-state index contributed by atoms with van der Waals surface area (Å²) in [7, 11) is 1.51. The van der Waals surface area contributed by atoms with Crippen molar-refractivity contribution >= 4 is 29.0 Å². The molecular formula is C10H14ClN5O4. The standard InChI is InChI=1S/C10H14ClN5O4/c1-6(9(17)12-3-4-20-2)14-8-7(16(18)19)5-13-10(11)15-8/h5-6H,3-4H2,1-2H3,(H,12,17)(H,13,14,15). The van der Waals surface area contributed by atoms with Gasteiger partial charge in [0.05, 0.1) is 11.5 Å². The molecule has 0 aromatic carbocycles. The SMILES string of the molecule is COCCNC(=O)C(C)Nc1nc(Cl)ncc1[N+](=O)[O-]. The van der Waals surface area contributed by atoms with Gasteiger partial charge >= 0.3 is 5.69 Å². The van der Waals surface area contributed by atoms with Crippen LogP contribution in [0.5, 0.6) is 0 Å². The van der Waals surface area contributed by atoms with E-state index in [-0.39, 0.29) is 22.7 Å². The van der Waals surface area contributed by atoms with E-state index in [1.54, 1.807) is 6.92 Å². The Morgan fingerprint density at radius 3 is 2.95 bits per heavy atom. The van der Waals surface area contributed by atoms with Crippen molar-refractivity contribution in [2.24, 2.45) is 0 Å². The van der Waals surface area contributed by atoms with Gasteiger partial charge in [0.2, 0.25) is 17.0 Å². The minimum Gasteiger partial charge on any atom is -0.383 e. The van der Waals surface area contributed by atoms with E-state index in [2.05, 4.69) is 20.6 Å². The summed E-state index contributed by atoms with van der Waals surface area (Å²) < 4.78 is 4.79. The number of carbonyl (C=O) groups is 1. The third-order valence-electron chi connectivity index (χ3n) is 2.29. The lowest BCUT2D eigenvalue weighted by Crippen LogP contribution is -2.39. The summed E-state index contributed by atoms with van der Waals surface area (Å²) in [5.41, 5.74) is -0.356. The number of hydrogen-bond donors (Lipinski definition) is 2. The zero-order chi connectivity index (χ0) is 15.1. The molecule has 0 bridgehead atoms. The van der Waals surface area contributed by atoms with Crippen molar-refractivity contribution in [1.82, 2.24) is 15.3 Å². The van der Waals surface area contributed by atoms with Crippen molar-refractivity contribution in [2.45, 2.75) is 13.0 Å². The molecule has 0 aliphatic rings. The number of nitrogens with one attached hydrogen (secondary N) is 2. The normalized spacial score (nSPS) is 11.8. The minimum atomic E-state index is -0.725. The highest BCUT2D eigenvalue weighted by molar-refractivity contribution is 6.28. The molecule has 1 amide bonds. The van der Waals surface area contributed by atoms with Crippen LogP contribution in [0.2, 0.25) is 5.28 Å². The molecule has 1 rings (SSSR count). The van der Waals surface area contributed by atoms with Gasteiger partial charge < -0.3 is 15.4 Å². The van der Waals surface area contributed by atoms with Gasteiger partial charge in [-0.25, -0.2) is 4.98 Å². The zero-order valence-electron chi connectivity index (χ0n) is 10.9. The summed E-state index contributed by atoms with van der Waals surface area (Å²) in [6.45, 7) is 2.26. The van der Waals surface area contributed by atoms with E-state index in [1.165, 1.54) is 7.11 Å². The van der Waals surface area contributed by atoms with Crippen molar-refractivity contribution in [3.8, 4) is 0 Å². The van der Waals surface area contributed by atoms with E-state index in [0.29, 0.717) is 13.2 Å².